The molecule has 0 radical (unpaired) electrons. The Morgan fingerprint density at radius 2 is 2.00 bits per heavy atom. The highest BCUT2D eigenvalue weighted by molar-refractivity contribution is 7.13. The molecule has 1 aromatic carbocycles. The second-order valence-corrected chi connectivity index (χ2v) is 6.94. The van der Waals surface area contributed by atoms with Crippen LogP contribution in [0, 0.1) is 0 Å². The van der Waals surface area contributed by atoms with Crippen LogP contribution in [-0.2, 0) is 0 Å². The maximum absolute atomic E-state index is 12.1. The summed E-state index contributed by atoms with van der Waals surface area (Å²) in [4.78, 5) is 16.5. The van der Waals surface area contributed by atoms with E-state index in [1.807, 2.05) is 38.1 Å². The number of amides is 1. The van der Waals surface area contributed by atoms with Gasteiger partial charge >= 0.3 is 0 Å². The van der Waals surface area contributed by atoms with Crippen LogP contribution >= 0.6 is 23.7 Å². The average molecular weight is 370 g/mol. The van der Waals surface area contributed by atoms with Gasteiger partial charge in [0, 0.05) is 23.0 Å². The molecule has 0 bridgehead atoms. The van der Waals surface area contributed by atoms with Crippen molar-refractivity contribution in [1.29, 1.82) is 0 Å². The van der Waals surface area contributed by atoms with Gasteiger partial charge in [-0.3, -0.25) is 4.79 Å². The summed E-state index contributed by atoms with van der Waals surface area (Å²) in [6, 6.07) is 7.75. The number of aromatic nitrogens is 1. The summed E-state index contributed by atoms with van der Waals surface area (Å²) in [6.07, 6.45) is 0.978. The molecule has 0 atom stereocenters. The molecule has 0 aliphatic carbocycles. The van der Waals surface area contributed by atoms with E-state index in [0.29, 0.717) is 18.8 Å². The zero-order valence-corrected chi connectivity index (χ0v) is 15.8. The van der Waals surface area contributed by atoms with Crippen molar-refractivity contribution in [2.24, 2.45) is 5.73 Å². The Morgan fingerprint density at radius 1 is 1.33 bits per heavy atom. The predicted molar refractivity (Wildman–Crippen MR) is 101 cm³/mol. The van der Waals surface area contributed by atoms with Crippen LogP contribution in [0.25, 0.3) is 10.6 Å². The average Bonchev–Trinajstić information content (AvgIpc) is 3.00. The molecule has 0 aliphatic heterocycles. The lowest BCUT2D eigenvalue weighted by Crippen LogP contribution is -2.45. The Hall–Kier alpha value is -1.63. The molecule has 3 N–H and O–H groups in total. The van der Waals surface area contributed by atoms with Crippen molar-refractivity contribution in [3.63, 3.8) is 0 Å². The molecular weight excluding hydrogens is 346 g/mol. The van der Waals surface area contributed by atoms with Crippen molar-refractivity contribution in [2.75, 3.05) is 13.2 Å². The number of nitrogens with two attached hydrogens (primary N) is 1. The van der Waals surface area contributed by atoms with E-state index in [0.717, 1.165) is 22.7 Å². The third-order valence-corrected chi connectivity index (χ3v) is 3.91. The van der Waals surface area contributed by atoms with Gasteiger partial charge in [-0.25, -0.2) is 4.98 Å². The summed E-state index contributed by atoms with van der Waals surface area (Å²) < 4.78 is 5.56. The highest BCUT2D eigenvalue weighted by Crippen LogP contribution is 2.25. The Bertz CT molecular complexity index is 651. The molecule has 1 amide bonds. The number of nitrogens with zero attached hydrogens (tertiary/aromatic N) is 1. The molecule has 5 nitrogen and oxygen atoms in total. The zero-order chi connectivity index (χ0) is 16.9. The third-order valence-electron chi connectivity index (χ3n) is 3.02. The Labute approximate surface area is 153 Å². The number of carbonyl (C=O) groups is 1. The summed E-state index contributed by atoms with van der Waals surface area (Å²) in [5, 5.41) is 5.37. The molecule has 1 aromatic heterocycles. The summed E-state index contributed by atoms with van der Waals surface area (Å²) in [5.74, 6) is 0.643. The van der Waals surface area contributed by atoms with Gasteiger partial charge in [0.25, 0.3) is 5.91 Å². The lowest BCUT2D eigenvalue weighted by molar-refractivity contribution is 0.0942. The Morgan fingerprint density at radius 3 is 2.58 bits per heavy atom. The minimum Gasteiger partial charge on any atom is -0.494 e. The number of halogens is 1. The maximum Gasteiger partial charge on any atom is 0.270 e. The largest absolute Gasteiger partial charge is 0.494 e. The normalized spacial score (nSPS) is 10.8. The molecule has 132 valence electrons. The van der Waals surface area contributed by atoms with Crippen molar-refractivity contribution < 1.29 is 9.53 Å². The number of rotatable bonds is 7. The van der Waals surface area contributed by atoms with Crippen LogP contribution in [0.1, 0.15) is 37.7 Å². The van der Waals surface area contributed by atoms with Crippen molar-refractivity contribution >= 4 is 29.7 Å². The molecule has 0 fully saturated rings. The van der Waals surface area contributed by atoms with Crippen molar-refractivity contribution in [3.05, 3.63) is 35.3 Å². The highest BCUT2D eigenvalue weighted by atomic mass is 35.5. The van der Waals surface area contributed by atoms with Crippen LogP contribution in [0.15, 0.2) is 29.6 Å². The first-order valence-electron chi connectivity index (χ1n) is 7.65. The third kappa shape index (κ3) is 6.11. The van der Waals surface area contributed by atoms with Crippen LogP contribution in [-0.4, -0.2) is 29.6 Å². The second-order valence-electron chi connectivity index (χ2n) is 6.08. The lowest BCUT2D eigenvalue weighted by Gasteiger charge is -2.18. The first-order valence-corrected chi connectivity index (χ1v) is 8.53. The fourth-order valence-electron chi connectivity index (χ4n) is 1.82. The molecule has 0 saturated carbocycles. The van der Waals surface area contributed by atoms with Gasteiger partial charge in [0.05, 0.1) is 6.61 Å². The fourth-order valence-corrected chi connectivity index (χ4v) is 2.63. The van der Waals surface area contributed by atoms with E-state index in [1.165, 1.54) is 11.3 Å². The van der Waals surface area contributed by atoms with E-state index in [1.54, 1.807) is 5.38 Å². The first-order chi connectivity index (χ1) is 10.9. The van der Waals surface area contributed by atoms with Gasteiger partial charge in [-0.15, -0.1) is 23.7 Å². The second kappa shape index (κ2) is 9.01. The zero-order valence-electron chi connectivity index (χ0n) is 14.2. The smallest absolute Gasteiger partial charge is 0.270 e. The minimum atomic E-state index is -0.442. The summed E-state index contributed by atoms with van der Waals surface area (Å²) in [7, 11) is 0. The quantitative estimate of drug-likeness (QED) is 0.783. The molecule has 1 heterocycles. The van der Waals surface area contributed by atoms with Crippen molar-refractivity contribution in [1.82, 2.24) is 10.3 Å². The van der Waals surface area contributed by atoms with E-state index < -0.39 is 5.54 Å². The van der Waals surface area contributed by atoms with E-state index in [2.05, 4.69) is 17.2 Å². The maximum atomic E-state index is 12.1. The summed E-state index contributed by atoms with van der Waals surface area (Å²) in [5.41, 5.74) is 6.81. The number of ether oxygens (including phenoxy) is 1. The molecule has 0 aliphatic rings. The van der Waals surface area contributed by atoms with Gasteiger partial charge < -0.3 is 15.8 Å². The Balaban J connectivity index is 0.00000288. The van der Waals surface area contributed by atoms with E-state index in [4.69, 9.17) is 10.5 Å². The summed E-state index contributed by atoms with van der Waals surface area (Å²) in [6.45, 7) is 6.91. The first kappa shape index (κ1) is 20.4. The van der Waals surface area contributed by atoms with Gasteiger partial charge in [-0.05, 0) is 44.5 Å². The van der Waals surface area contributed by atoms with Gasteiger partial charge in [0.1, 0.15) is 16.5 Å². The molecule has 0 spiro atoms. The monoisotopic (exact) mass is 369 g/mol. The van der Waals surface area contributed by atoms with E-state index in [-0.39, 0.29) is 18.3 Å². The molecule has 2 rings (SSSR count). The molecule has 0 saturated heterocycles. The standard InChI is InChI=1S/C17H23N3O2S.ClH/c1-4-9-22-13-7-5-12(6-8-13)16-20-14(10-23-16)15(21)19-11-17(2,3)18;/h5-8,10H,4,9,11,18H2,1-3H3,(H,19,21);1H. The number of thiazole rings is 1. The van der Waals surface area contributed by atoms with Crippen LogP contribution in [0.3, 0.4) is 0 Å². The molecule has 2 aromatic rings. The SMILES string of the molecule is CCCOc1ccc(-c2nc(C(=O)NCC(C)(C)N)cs2)cc1.Cl. The van der Waals surface area contributed by atoms with Crippen LogP contribution < -0.4 is 15.8 Å². The van der Waals surface area contributed by atoms with Crippen LogP contribution in [0.5, 0.6) is 5.75 Å². The van der Waals surface area contributed by atoms with Gasteiger partial charge in [0.2, 0.25) is 0 Å². The predicted octanol–water partition coefficient (Wildman–Crippen LogP) is 3.49. The summed E-state index contributed by atoms with van der Waals surface area (Å²) >= 11 is 1.44. The fraction of sp³-hybridized carbons (Fsp3) is 0.412. The number of hydrogen-bond acceptors (Lipinski definition) is 5. The topological polar surface area (TPSA) is 77.2 Å². The van der Waals surface area contributed by atoms with E-state index >= 15 is 0 Å². The molecule has 24 heavy (non-hydrogen) atoms. The number of nitrogens with one attached hydrogen (secondary N) is 1. The van der Waals surface area contributed by atoms with Crippen molar-refractivity contribution in [3.8, 4) is 16.3 Å². The van der Waals surface area contributed by atoms with Crippen molar-refractivity contribution in [2.45, 2.75) is 32.7 Å². The van der Waals surface area contributed by atoms with Crippen LogP contribution in [0.2, 0.25) is 0 Å². The molecule has 0 unspecified atom stereocenters. The molecular formula is C17H24ClN3O2S. The highest BCUT2D eigenvalue weighted by Gasteiger charge is 2.16. The van der Waals surface area contributed by atoms with E-state index in [9.17, 15) is 4.79 Å². The number of hydrogen-bond donors (Lipinski definition) is 2. The minimum absolute atomic E-state index is 0. The van der Waals surface area contributed by atoms with Gasteiger partial charge in [-0.1, -0.05) is 6.92 Å². The van der Waals surface area contributed by atoms with Gasteiger partial charge in [-0.2, -0.15) is 0 Å². The number of carbonyl (C=O) groups excluding carboxylic acids is 1. The lowest BCUT2D eigenvalue weighted by atomic mass is 10.1. The Kier molecular flexibility index (Phi) is 7.66. The van der Waals surface area contributed by atoms with Gasteiger partial charge in [0.15, 0.2) is 0 Å². The molecule has 7 heteroatoms. The van der Waals surface area contributed by atoms with Crippen LogP contribution in [0.4, 0.5) is 0 Å². The number of benzene rings is 1.